The molecule has 6 nitrogen and oxygen atoms in total. The van der Waals surface area contributed by atoms with Gasteiger partial charge in [0.2, 0.25) is 0 Å². The smallest absolute Gasteiger partial charge is 0.252 e. The Morgan fingerprint density at radius 2 is 2.19 bits per heavy atom. The molecule has 26 heavy (non-hydrogen) atoms. The maximum atomic E-state index is 12.1. The average Bonchev–Trinajstić information content (AvgIpc) is 2.67. The summed E-state index contributed by atoms with van der Waals surface area (Å²) in [5.41, 5.74) is 1.72. The van der Waals surface area contributed by atoms with Crippen molar-refractivity contribution < 1.29 is 9.53 Å². The number of amides is 1. The lowest BCUT2D eigenvalue weighted by Crippen LogP contribution is -2.64. The van der Waals surface area contributed by atoms with Crippen LogP contribution in [0.1, 0.15) is 28.9 Å². The van der Waals surface area contributed by atoms with Crippen LogP contribution in [0.5, 0.6) is 0 Å². The molecular formula is C20H24N4O2. The first-order valence-corrected chi connectivity index (χ1v) is 9.17. The van der Waals surface area contributed by atoms with E-state index in [2.05, 4.69) is 26.3 Å². The van der Waals surface area contributed by atoms with Gasteiger partial charge in [-0.05, 0) is 43.0 Å². The molecule has 0 aromatic carbocycles. The van der Waals surface area contributed by atoms with Gasteiger partial charge in [0.25, 0.3) is 5.91 Å². The van der Waals surface area contributed by atoms with Crippen LogP contribution in [0.25, 0.3) is 0 Å². The lowest BCUT2D eigenvalue weighted by atomic mass is 9.83. The minimum atomic E-state index is -0.0661. The third-order valence-electron chi connectivity index (χ3n) is 5.24. The highest BCUT2D eigenvalue weighted by Gasteiger charge is 2.46. The summed E-state index contributed by atoms with van der Waals surface area (Å²) in [4.78, 5) is 22.8. The molecule has 4 rings (SSSR count). The quantitative estimate of drug-likeness (QED) is 0.890. The topological polar surface area (TPSA) is 67.4 Å². The van der Waals surface area contributed by atoms with E-state index in [1.807, 2.05) is 18.3 Å². The third-order valence-corrected chi connectivity index (χ3v) is 5.24. The fourth-order valence-corrected chi connectivity index (χ4v) is 3.77. The Bertz CT molecular complexity index is 722. The predicted molar refractivity (Wildman–Crippen MR) is 97.5 cm³/mol. The zero-order valence-electron chi connectivity index (χ0n) is 14.8. The van der Waals surface area contributed by atoms with E-state index in [4.69, 9.17) is 4.74 Å². The van der Waals surface area contributed by atoms with Crippen molar-refractivity contribution in [2.24, 2.45) is 5.92 Å². The average molecular weight is 352 g/mol. The van der Waals surface area contributed by atoms with Crippen molar-refractivity contribution in [2.45, 2.75) is 25.0 Å². The van der Waals surface area contributed by atoms with Crippen molar-refractivity contribution in [3.8, 4) is 0 Å². The van der Waals surface area contributed by atoms with E-state index in [-0.39, 0.29) is 11.5 Å². The van der Waals surface area contributed by atoms with Crippen LogP contribution in [0.15, 0.2) is 48.9 Å². The molecular weight excluding hydrogens is 328 g/mol. The van der Waals surface area contributed by atoms with Gasteiger partial charge in [0.15, 0.2) is 0 Å². The number of ether oxygens (including phenoxy) is 1. The SMILES string of the molecule is O=C(NC[C@H]1CCC2(CN(Cc3ccccn3)C2)OC1)c1cccnc1. The van der Waals surface area contributed by atoms with Crippen molar-refractivity contribution in [1.29, 1.82) is 0 Å². The maximum Gasteiger partial charge on any atom is 0.252 e. The number of hydrogen-bond donors (Lipinski definition) is 1. The Kier molecular flexibility index (Phi) is 4.95. The van der Waals surface area contributed by atoms with Gasteiger partial charge in [-0.25, -0.2) is 0 Å². The lowest BCUT2D eigenvalue weighted by Gasteiger charge is -2.52. The Labute approximate surface area is 153 Å². The van der Waals surface area contributed by atoms with Crippen LogP contribution >= 0.6 is 0 Å². The molecule has 2 aliphatic heterocycles. The van der Waals surface area contributed by atoms with Gasteiger partial charge < -0.3 is 10.1 Å². The number of aromatic nitrogens is 2. The van der Waals surface area contributed by atoms with Gasteiger partial charge in [-0.1, -0.05) is 6.07 Å². The molecule has 136 valence electrons. The van der Waals surface area contributed by atoms with Gasteiger partial charge in [0.05, 0.1) is 23.5 Å². The molecule has 1 spiro atoms. The molecule has 0 saturated carbocycles. The number of carbonyl (C=O) groups is 1. The summed E-state index contributed by atoms with van der Waals surface area (Å²) in [5.74, 6) is 0.314. The summed E-state index contributed by atoms with van der Waals surface area (Å²) in [7, 11) is 0. The van der Waals surface area contributed by atoms with Crippen LogP contribution in [0.4, 0.5) is 0 Å². The molecule has 2 aromatic rings. The van der Waals surface area contributed by atoms with Crippen LogP contribution in [0, 0.1) is 5.92 Å². The van der Waals surface area contributed by atoms with Crippen LogP contribution < -0.4 is 5.32 Å². The van der Waals surface area contributed by atoms with Crippen molar-refractivity contribution in [3.63, 3.8) is 0 Å². The first-order chi connectivity index (χ1) is 12.7. The summed E-state index contributed by atoms with van der Waals surface area (Å²) >= 11 is 0. The van der Waals surface area contributed by atoms with E-state index in [1.165, 1.54) is 0 Å². The highest BCUT2D eigenvalue weighted by Crippen LogP contribution is 2.36. The summed E-state index contributed by atoms with van der Waals surface area (Å²) in [6, 6.07) is 9.58. The summed E-state index contributed by atoms with van der Waals surface area (Å²) in [6.45, 7) is 4.19. The van der Waals surface area contributed by atoms with Crippen molar-refractivity contribution >= 4 is 5.91 Å². The van der Waals surface area contributed by atoms with E-state index >= 15 is 0 Å². The molecule has 2 saturated heterocycles. The fourth-order valence-electron chi connectivity index (χ4n) is 3.77. The summed E-state index contributed by atoms with van der Waals surface area (Å²) in [6.07, 6.45) is 7.24. The van der Waals surface area contributed by atoms with Gasteiger partial charge in [-0.2, -0.15) is 0 Å². The molecule has 4 heterocycles. The van der Waals surface area contributed by atoms with Gasteiger partial charge in [0, 0.05) is 44.8 Å². The number of pyridine rings is 2. The fraction of sp³-hybridized carbons (Fsp3) is 0.450. The van der Waals surface area contributed by atoms with Gasteiger partial charge in [-0.3, -0.25) is 19.7 Å². The number of nitrogens with zero attached hydrogens (tertiary/aromatic N) is 3. The van der Waals surface area contributed by atoms with Crippen molar-refractivity contribution in [3.05, 3.63) is 60.2 Å². The van der Waals surface area contributed by atoms with Crippen LogP contribution in [0.3, 0.4) is 0 Å². The molecule has 0 radical (unpaired) electrons. The Balaban J connectivity index is 1.19. The Morgan fingerprint density at radius 1 is 1.27 bits per heavy atom. The zero-order valence-corrected chi connectivity index (χ0v) is 14.8. The molecule has 1 amide bonds. The Morgan fingerprint density at radius 3 is 2.88 bits per heavy atom. The highest BCUT2D eigenvalue weighted by molar-refractivity contribution is 5.93. The van der Waals surface area contributed by atoms with E-state index in [0.29, 0.717) is 24.6 Å². The molecule has 2 aliphatic rings. The molecule has 2 aromatic heterocycles. The molecule has 0 aliphatic carbocycles. The summed E-state index contributed by atoms with van der Waals surface area (Å²) in [5, 5.41) is 3.00. The van der Waals surface area contributed by atoms with Gasteiger partial charge in [-0.15, -0.1) is 0 Å². The van der Waals surface area contributed by atoms with Crippen molar-refractivity contribution in [2.75, 3.05) is 26.2 Å². The van der Waals surface area contributed by atoms with Gasteiger partial charge in [0.1, 0.15) is 0 Å². The summed E-state index contributed by atoms with van der Waals surface area (Å²) < 4.78 is 6.19. The molecule has 0 unspecified atom stereocenters. The van der Waals surface area contributed by atoms with Crippen molar-refractivity contribution in [1.82, 2.24) is 20.2 Å². The van der Waals surface area contributed by atoms with E-state index in [0.717, 1.165) is 38.2 Å². The largest absolute Gasteiger partial charge is 0.372 e. The highest BCUT2D eigenvalue weighted by atomic mass is 16.5. The molecule has 1 N–H and O–H groups in total. The van der Waals surface area contributed by atoms with Gasteiger partial charge >= 0.3 is 0 Å². The second kappa shape index (κ2) is 7.51. The number of rotatable bonds is 5. The zero-order chi connectivity index (χ0) is 17.8. The molecule has 0 bridgehead atoms. The first-order valence-electron chi connectivity index (χ1n) is 9.17. The van der Waals surface area contributed by atoms with Crippen LogP contribution in [-0.4, -0.2) is 52.6 Å². The molecule has 6 heteroatoms. The van der Waals surface area contributed by atoms with E-state index < -0.39 is 0 Å². The standard InChI is InChI=1S/C20H24N4O2/c25-19(17-4-3-8-21-11-17)23-10-16-6-7-20(26-13-16)14-24(15-20)12-18-5-1-2-9-22-18/h1-5,8-9,11,16H,6-7,10,12-15H2,(H,23,25)/t16-/m1/s1. The molecule has 1 atom stereocenters. The first kappa shape index (κ1) is 17.1. The third kappa shape index (κ3) is 3.92. The number of hydrogen-bond acceptors (Lipinski definition) is 5. The second-order valence-electron chi connectivity index (χ2n) is 7.32. The normalized spacial score (nSPS) is 21.9. The molecule has 2 fully saturated rings. The van der Waals surface area contributed by atoms with E-state index in [9.17, 15) is 4.79 Å². The number of likely N-dealkylation sites (tertiary alicyclic amines) is 1. The minimum absolute atomic E-state index is 0.0125. The Hall–Kier alpha value is -2.31. The number of carbonyl (C=O) groups excluding carboxylic acids is 1. The van der Waals surface area contributed by atoms with Crippen LogP contribution in [-0.2, 0) is 11.3 Å². The lowest BCUT2D eigenvalue weighted by molar-refractivity contribution is -0.181. The number of nitrogens with one attached hydrogen (secondary N) is 1. The minimum Gasteiger partial charge on any atom is -0.372 e. The van der Waals surface area contributed by atoms with E-state index in [1.54, 1.807) is 24.5 Å². The predicted octanol–water partition coefficient (Wildman–Crippen LogP) is 1.89. The maximum absolute atomic E-state index is 12.1. The second-order valence-corrected chi connectivity index (χ2v) is 7.32. The monoisotopic (exact) mass is 352 g/mol. The van der Waals surface area contributed by atoms with Crippen LogP contribution in [0.2, 0.25) is 0 Å².